The number of carboxylic acids is 1. The van der Waals surface area contributed by atoms with Crippen molar-refractivity contribution in [3.63, 3.8) is 0 Å². The van der Waals surface area contributed by atoms with Crippen molar-refractivity contribution in [2.45, 2.75) is 30.4 Å². The maximum atomic E-state index is 11.0. The second kappa shape index (κ2) is 5.92. The Kier molecular flexibility index (Phi) is 4.83. The molecule has 3 N–H and O–H groups in total. The average Bonchev–Trinajstić information content (AvgIpc) is 2.22. The van der Waals surface area contributed by atoms with E-state index in [1.165, 1.54) is 11.8 Å². The molecule has 0 aromatic heterocycles. The molecule has 4 heteroatoms. The summed E-state index contributed by atoms with van der Waals surface area (Å²) in [5.74, 6) is -0.795. The molecular formula is C12H17NO2S. The maximum absolute atomic E-state index is 11.0. The van der Waals surface area contributed by atoms with Crippen LogP contribution in [0.3, 0.4) is 0 Å². The predicted octanol–water partition coefficient (Wildman–Crippen LogP) is 2.20. The van der Waals surface area contributed by atoms with Crippen molar-refractivity contribution in [1.82, 2.24) is 0 Å². The van der Waals surface area contributed by atoms with Crippen molar-refractivity contribution < 1.29 is 9.90 Å². The smallest absolute Gasteiger partial charge is 0.317 e. The van der Waals surface area contributed by atoms with Crippen molar-refractivity contribution in [1.29, 1.82) is 0 Å². The molecule has 0 saturated heterocycles. The minimum absolute atomic E-state index is 0.398. The van der Waals surface area contributed by atoms with Gasteiger partial charge in [-0.2, -0.15) is 0 Å². The van der Waals surface area contributed by atoms with Gasteiger partial charge in [0.05, 0.1) is 0 Å². The second-order valence-corrected chi connectivity index (χ2v) is 5.04. The van der Waals surface area contributed by atoms with Crippen molar-refractivity contribution in [2.24, 2.45) is 5.73 Å². The molecular weight excluding hydrogens is 222 g/mol. The largest absolute Gasteiger partial charge is 0.480 e. The molecule has 88 valence electrons. The molecule has 0 amide bonds. The first-order valence-corrected chi connectivity index (χ1v) is 6.09. The van der Waals surface area contributed by atoms with Crippen molar-refractivity contribution in [3.8, 4) is 0 Å². The Morgan fingerprint density at radius 2 is 2.19 bits per heavy atom. The quantitative estimate of drug-likeness (QED) is 0.773. The fraction of sp³-hybridized carbons (Fsp3) is 0.417. The monoisotopic (exact) mass is 239 g/mol. The summed E-state index contributed by atoms with van der Waals surface area (Å²) in [4.78, 5) is 12.0. The first-order valence-electron chi connectivity index (χ1n) is 5.21. The Bertz CT molecular complexity index is 379. The van der Waals surface area contributed by atoms with Gasteiger partial charge in [0.1, 0.15) is 5.25 Å². The van der Waals surface area contributed by atoms with Gasteiger partial charge in [-0.05, 0) is 38.4 Å². The molecule has 1 atom stereocenters. The van der Waals surface area contributed by atoms with Gasteiger partial charge in [-0.3, -0.25) is 4.79 Å². The molecule has 16 heavy (non-hydrogen) atoms. The van der Waals surface area contributed by atoms with Gasteiger partial charge in [0.25, 0.3) is 0 Å². The minimum Gasteiger partial charge on any atom is -0.480 e. The van der Waals surface area contributed by atoms with Crippen LogP contribution in [0.1, 0.15) is 17.5 Å². The van der Waals surface area contributed by atoms with Crippen molar-refractivity contribution >= 4 is 17.7 Å². The normalized spacial score (nSPS) is 12.4. The van der Waals surface area contributed by atoms with Crippen LogP contribution < -0.4 is 5.73 Å². The third kappa shape index (κ3) is 3.54. The zero-order valence-electron chi connectivity index (χ0n) is 9.56. The topological polar surface area (TPSA) is 63.3 Å². The number of hydrogen-bond acceptors (Lipinski definition) is 3. The highest BCUT2D eigenvalue weighted by atomic mass is 32.2. The van der Waals surface area contributed by atoms with E-state index in [1.54, 1.807) is 0 Å². The van der Waals surface area contributed by atoms with E-state index < -0.39 is 11.2 Å². The number of aliphatic carboxylic acids is 1. The summed E-state index contributed by atoms with van der Waals surface area (Å²) in [6.07, 6.45) is 0.493. The SMILES string of the molecule is Cc1ccc(C)c(SC(CCN)C(=O)O)c1. The molecule has 1 rings (SSSR count). The zero-order valence-corrected chi connectivity index (χ0v) is 10.4. The minimum atomic E-state index is -0.795. The summed E-state index contributed by atoms with van der Waals surface area (Å²) < 4.78 is 0. The van der Waals surface area contributed by atoms with Crippen molar-refractivity contribution in [2.75, 3.05) is 6.54 Å². The predicted molar refractivity (Wildman–Crippen MR) is 66.9 cm³/mol. The fourth-order valence-electron chi connectivity index (χ4n) is 1.37. The van der Waals surface area contributed by atoms with Crippen LogP contribution in [-0.2, 0) is 4.79 Å². The molecule has 0 radical (unpaired) electrons. The van der Waals surface area contributed by atoms with Gasteiger partial charge >= 0.3 is 5.97 Å². The van der Waals surface area contributed by atoms with Gasteiger partial charge in [0.15, 0.2) is 0 Å². The molecule has 0 saturated carbocycles. The highest BCUT2D eigenvalue weighted by molar-refractivity contribution is 8.00. The third-order valence-electron chi connectivity index (χ3n) is 2.32. The van der Waals surface area contributed by atoms with Gasteiger partial charge in [0.2, 0.25) is 0 Å². The highest BCUT2D eigenvalue weighted by Gasteiger charge is 2.18. The molecule has 0 aliphatic carbocycles. The average molecular weight is 239 g/mol. The van der Waals surface area contributed by atoms with Crippen LogP contribution >= 0.6 is 11.8 Å². The number of nitrogens with two attached hydrogens (primary N) is 1. The Labute approximate surface area is 100 Å². The van der Waals surface area contributed by atoms with Crippen LogP contribution in [-0.4, -0.2) is 22.9 Å². The summed E-state index contributed by atoms with van der Waals surface area (Å²) in [6.45, 7) is 4.39. The van der Waals surface area contributed by atoms with Gasteiger partial charge in [0, 0.05) is 4.90 Å². The lowest BCUT2D eigenvalue weighted by molar-refractivity contribution is -0.136. The summed E-state index contributed by atoms with van der Waals surface area (Å²) >= 11 is 1.38. The van der Waals surface area contributed by atoms with E-state index in [0.717, 1.165) is 16.0 Å². The Morgan fingerprint density at radius 3 is 2.75 bits per heavy atom. The van der Waals surface area contributed by atoms with Crippen LogP contribution in [0.15, 0.2) is 23.1 Å². The van der Waals surface area contributed by atoms with E-state index in [-0.39, 0.29) is 0 Å². The second-order valence-electron chi connectivity index (χ2n) is 3.79. The van der Waals surface area contributed by atoms with Crippen LogP contribution in [0, 0.1) is 13.8 Å². The standard InChI is InChI=1S/C12H17NO2S/c1-8-3-4-9(2)11(7-8)16-10(5-6-13)12(14)15/h3-4,7,10H,5-6,13H2,1-2H3,(H,14,15). The number of hydrogen-bond donors (Lipinski definition) is 2. The Morgan fingerprint density at radius 1 is 1.50 bits per heavy atom. The zero-order chi connectivity index (χ0) is 12.1. The van der Waals surface area contributed by atoms with E-state index in [1.807, 2.05) is 32.0 Å². The van der Waals surface area contributed by atoms with Gasteiger partial charge in [-0.15, -0.1) is 11.8 Å². The molecule has 0 spiro atoms. The third-order valence-corrected chi connectivity index (χ3v) is 3.73. The van der Waals surface area contributed by atoms with Crippen LogP contribution in [0.2, 0.25) is 0 Å². The first-order chi connectivity index (χ1) is 7.54. The van der Waals surface area contributed by atoms with Crippen LogP contribution in [0.25, 0.3) is 0 Å². The molecule has 0 aliphatic heterocycles. The van der Waals surface area contributed by atoms with E-state index in [4.69, 9.17) is 10.8 Å². The van der Waals surface area contributed by atoms with Gasteiger partial charge in [-0.1, -0.05) is 17.7 Å². The number of rotatable bonds is 5. The maximum Gasteiger partial charge on any atom is 0.317 e. The lowest BCUT2D eigenvalue weighted by Gasteiger charge is -2.13. The van der Waals surface area contributed by atoms with E-state index in [2.05, 4.69) is 0 Å². The summed E-state index contributed by atoms with van der Waals surface area (Å²) in [6, 6.07) is 6.06. The molecule has 0 fully saturated rings. The van der Waals surface area contributed by atoms with Gasteiger partial charge < -0.3 is 10.8 Å². The molecule has 1 unspecified atom stereocenters. The number of thioether (sulfide) groups is 1. The first kappa shape index (κ1) is 13.1. The lowest BCUT2D eigenvalue weighted by Crippen LogP contribution is -2.20. The molecule has 0 heterocycles. The number of carbonyl (C=O) groups is 1. The van der Waals surface area contributed by atoms with Gasteiger partial charge in [-0.25, -0.2) is 0 Å². The van der Waals surface area contributed by atoms with Crippen molar-refractivity contribution in [3.05, 3.63) is 29.3 Å². The number of aryl methyl sites for hydroxylation is 2. The molecule has 1 aromatic carbocycles. The Hall–Kier alpha value is -1.00. The van der Waals surface area contributed by atoms with E-state index >= 15 is 0 Å². The molecule has 0 aliphatic rings. The summed E-state index contributed by atoms with van der Waals surface area (Å²) in [5, 5.41) is 8.60. The molecule has 1 aromatic rings. The Balaban J connectivity index is 2.84. The summed E-state index contributed by atoms with van der Waals surface area (Å²) in [5.41, 5.74) is 7.67. The molecule has 0 bridgehead atoms. The van der Waals surface area contributed by atoms with Crippen LogP contribution in [0.4, 0.5) is 0 Å². The number of carboxylic acid groups (broad SMARTS) is 1. The number of benzene rings is 1. The highest BCUT2D eigenvalue weighted by Crippen LogP contribution is 2.29. The summed E-state index contributed by atoms with van der Waals surface area (Å²) in [7, 11) is 0. The lowest BCUT2D eigenvalue weighted by atomic mass is 10.2. The van der Waals surface area contributed by atoms with E-state index in [0.29, 0.717) is 13.0 Å². The molecule has 3 nitrogen and oxygen atoms in total. The fourth-order valence-corrected chi connectivity index (χ4v) is 2.54. The van der Waals surface area contributed by atoms with E-state index in [9.17, 15) is 4.79 Å². The van der Waals surface area contributed by atoms with Crippen LogP contribution in [0.5, 0.6) is 0 Å².